The van der Waals surface area contributed by atoms with Crippen LogP contribution in [0.25, 0.3) is 10.8 Å². The van der Waals surface area contributed by atoms with Crippen molar-refractivity contribution in [3.63, 3.8) is 0 Å². The molecule has 0 amide bonds. The van der Waals surface area contributed by atoms with E-state index in [0.29, 0.717) is 5.39 Å². The van der Waals surface area contributed by atoms with Crippen molar-refractivity contribution in [2.75, 3.05) is 0 Å². The van der Waals surface area contributed by atoms with Crippen LogP contribution in [-0.2, 0) is 10.3 Å². The molecule has 0 heterocycles. The molecule has 0 aliphatic heterocycles. The Balaban J connectivity index is 2.18. The van der Waals surface area contributed by atoms with E-state index in [1.165, 1.54) is 12.1 Å². The van der Waals surface area contributed by atoms with Crippen LogP contribution >= 0.6 is 0 Å². The highest BCUT2D eigenvalue weighted by Crippen LogP contribution is 2.44. The largest absolute Gasteiger partial charge is 0.338 e. The molecule has 3 aromatic carbocycles. The average molecular weight is 317 g/mol. The molecule has 1 aliphatic carbocycles. The number of fused-ring (bicyclic) bond motifs is 2. The molecule has 1 aliphatic rings. The zero-order valence-electron chi connectivity index (χ0n) is 12.4. The maximum Gasteiger partial charge on any atom is 0.338 e. The number of Topliss-reactive ketones (excluding diaryl/α,β-unsaturated/α-hetero) is 2. The first-order chi connectivity index (χ1) is 11.6. The van der Waals surface area contributed by atoms with Crippen LogP contribution < -0.4 is 0 Å². The second-order valence-electron chi connectivity index (χ2n) is 5.70. The van der Waals surface area contributed by atoms with Crippen LogP contribution in [0.5, 0.6) is 0 Å². The van der Waals surface area contributed by atoms with Crippen molar-refractivity contribution in [3.8, 4) is 0 Å². The molecule has 0 fully saturated rings. The minimum atomic E-state index is -2.19. The van der Waals surface area contributed by atoms with Crippen LogP contribution in [0.2, 0.25) is 0 Å². The third kappa shape index (κ3) is 1.58. The van der Waals surface area contributed by atoms with Crippen molar-refractivity contribution in [2.45, 2.75) is 5.54 Å². The summed E-state index contributed by atoms with van der Waals surface area (Å²) in [4.78, 5) is 36.6. The van der Waals surface area contributed by atoms with Crippen LogP contribution in [-0.4, -0.2) is 16.5 Å². The van der Waals surface area contributed by atoms with Crippen molar-refractivity contribution < 1.29 is 14.5 Å². The zero-order valence-corrected chi connectivity index (χ0v) is 12.4. The van der Waals surface area contributed by atoms with Crippen molar-refractivity contribution in [2.24, 2.45) is 0 Å². The summed E-state index contributed by atoms with van der Waals surface area (Å²) < 4.78 is 0. The summed E-state index contributed by atoms with van der Waals surface area (Å²) in [6.45, 7) is 0. The van der Waals surface area contributed by atoms with E-state index < -0.39 is 22.0 Å². The molecule has 0 saturated carbocycles. The molecule has 0 spiro atoms. The molecule has 116 valence electrons. The van der Waals surface area contributed by atoms with Crippen LogP contribution in [0.15, 0.2) is 66.7 Å². The predicted octanol–water partition coefficient (Wildman–Crippen LogP) is 3.13. The first-order valence-corrected chi connectivity index (χ1v) is 7.40. The lowest BCUT2D eigenvalue weighted by Gasteiger charge is -2.21. The summed E-state index contributed by atoms with van der Waals surface area (Å²) in [5.74, 6) is -1.82. The maximum atomic E-state index is 12.8. The molecule has 0 saturated heterocycles. The van der Waals surface area contributed by atoms with Gasteiger partial charge in [-0.2, -0.15) is 0 Å². The fourth-order valence-corrected chi connectivity index (χ4v) is 3.49. The van der Waals surface area contributed by atoms with Crippen molar-refractivity contribution >= 4 is 22.3 Å². The summed E-state index contributed by atoms with van der Waals surface area (Å²) >= 11 is 0. The molecular formula is C19H11NO4. The van der Waals surface area contributed by atoms with Crippen LogP contribution in [0.1, 0.15) is 21.5 Å². The van der Waals surface area contributed by atoms with Gasteiger partial charge in [0.25, 0.3) is 5.78 Å². The van der Waals surface area contributed by atoms with Gasteiger partial charge < -0.3 is 0 Å². The quantitative estimate of drug-likeness (QED) is 0.413. The minimum Gasteiger partial charge on any atom is -0.285 e. The van der Waals surface area contributed by atoms with E-state index in [9.17, 15) is 19.7 Å². The smallest absolute Gasteiger partial charge is 0.285 e. The van der Waals surface area contributed by atoms with E-state index in [1.807, 2.05) is 18.2 Å². The highest BCUT2D eigenvalue weighted by molar-refractivity contribution is 6.50. The number of nitrogens with zero attached hydrogens (tertiary/aromatic N) is 1. The first-order valence-electron chi connectivity index (χ1n) is 7.40. The third-order valence-electron chi connectivity index (χ3n) is 4.55. The van der Waals surface area contributed by atoms with E-state index in [1.54, 1.807) is 36.4 Å². The molecule has 0 radical (unpaired) electrons. The molecule has 0 aromatic heterocycles. The molecule has 24 heavy (non-hydrogen) atoms. The molecule has 4 rings (SSSR count). The fourth-order valence-electron chi connectivity index (χ4n) is 3.49. The Kier molecular flexibility index (Phi) is 2.87. The number of ketones is 2. The molecule has 0 N–H and O–H groups in total. The van der Waals surface area contributed by atoms with Gasteiger partial charge in [-0.15, -0.1) is 0 Å². The monoisotopic (exact) mass is 317 g/mol. The van der Waals surface area contributed by atoms with E-state index in [0.717, 1.165) is 5.39 Å². The molecule has 1 atom stereocenters. The Morgan fingerprint density at radius 1 is 0.792 bits per heavy atom. The van der Waals surface area contributed by atoms with Gasteiger partial charge in [0, 0.05) is 16.1 Å². The molecule has 3 aromatic rings. The number of hydrogen-bond acceptors (Lipinski definition) is 4. The summed E-state index contributed by atoms with van der Waals surface area (Å²) in [6.07, 6.45) is 0. The summed E-state index contributed by atoms with van der Waals surface area (Å²) in [5, 5.41) is 13.5. The second kappa shape index (κ2) is 4.83. The van der Waals surface area contributed by atoms with Crippen LogP contribution in [0, 0.1) is 10.1 Å². The standard InChI is InChI=1S/C19H11NO4/c21-17-14-9-3-4-10-16(14)19(18(17)22,20(23)24)15-11-5-7-12-6-1-2-8-13(12)15/h1-11H. The molecular weight excluding hydrogens is 306 g/mol. The van der Waals surface area contributed by atoms with Gasteiger partial charge in [0.2, 0.25) is 5.78 Å². The van der Waals surface area contributed by atoms with Gasteiger partial charge in [-0.1, -0.05) is 66.7 Å². The Labute approximate surface area is 136 Å². The zero-order chi connectivity index (χ0) is 16.9. The van der Waals surface area contributed by atoms with E-state index in [2.05, 4.69) is 0 Å². The number of nitro groups is 1. The van der Waals surface area contributed by atoms with E-state index in [4.69, 9.17) is 0 Å². The van der Waals surface area contributed by atoms with Gasteiger partial charge in [0.05, 0.1) is 5.56 Å². The van der Waals surface area contributed by atoms with E-state index >= 15 is 0 Å². The van der Waals surface area contributed by atoms with Crippen molar-refractivity contribution in [1.82, 2.24) is 0 Å². The average Bonchev–Trinajstić information content (AvgIpc) is 2.84. The van der Waals surface area contributed by atoms with Gasteiger partial charge in [0.15, 0.2) is 0 Å². The first kappa shape index (κ1) is 14.3. The fraction of sp³-hybridized carbons (Fsp3) is 0.0526. The predicted molar refractivity (Wildman–Crippen MR) is 87.5 cm³/mol. The third-order valence-corrected chi connectivity index (χ3v) is 4.55. The number of carbonyl (C=O) groups excluding carboxylic acids is 2. The summed E-state index contributed by atoms with van der Waals surface area (Å²) in [7, 11) is 0. The minimum absolute atomic E-state index is 0.104. The van der Waals surface area contributed by atoms with Crippen molar-refractivity contribution in [1.29, 1.82) is 0 Å². The number of carbonyl (C=O) groups is 2. The van der Waals surface area contributed by atoms with Gasteiger partial charge >= 0.3 is 5.54 Å². The Bertz CT molecular complexity index is 1030. The van der Waals surface area contributed by atoms with Crippen LogP contribution in [0.4, 0.5) is 0 Å². The SMILES string of the molecule is O=C1C(=O)C(c2cccc3ccccc23)([N+](=O)[O-])c2ccccc21. The Morgan fingerprint density at radius 3 is 2.21 bits per heavy atom. The molecule has 5 nitrogen and oxygen atoms in total. The normalized spacial score (nSPS) is 19.5. The Hall–Kier alpha value is -3.34. The number of benzene rings is 3. The topological polar surface area (TPSA) is 77.3 Å². The summed E-state index contributed by atoms with van der Waals surface area (Å²) in [5.41, 5.74) is -1.71. The van der Waals surface area contributed by atoms with E-state index in [-0.39, 0.29) is 16.7 Å². The lowest BCUT2D eigenvalue weighted by molar-refractivity contribution is -0.546. The van der Waals surface area contributed by atoms with Gasteiger partial charge in [-0.05, 0) is 10.8 Å². The molecule has 0 bridgehead atoms. The highest BCUT2D eigenvalue weighted by Gasteiger charge is 2.63. The number of rotatable bonds is 2. The van der Waals surface area contributed by atoms with Gasteiger partial charge in [0.1, 0.15) is 0 Å². The number of hydrogen-bond donors (Lipinski definition) is 0. The van der Waals surface area contributed by atoms with Gasteiger partial charge in [-0.25, -0.2) is 0 Å². The summed E-state index contributed by atoms with van der Waals surface area (Å²) in [6, 6.07) is 18.3. The molecule has 1 unspecified atom stereocenters. The lowest BCUT2D eigenvalue weighted by atomic mass is 9.81. The van der Waals surface area contributed by atoms with Crippen molar-refractivity contribution in [3.05, 3.63) is 93.5 Å². The Morgan fingerprint density at radius 2 is 1.42 bits per heavy atom. The van der Waals surface area contributed by atoms with Crippen LogP contribution in [0.3, 0.4) is 0 Å². The second-order valence-corrected chi connectivity index (χ2v) is 5.70. The van der Waals surface area contributed by atoms with Gasteiger partial charge in [-0.3, -0.25) is 19.7 Å². The lowest BCUT2D eigenvalue weighted by Crippen LogP contribution is -2.43. The molecule has 5 heteroatoms. The highest BCUT2D eigenvalue weighted by atomic mass is 16.6. The maximum absolute atomic E-state index is 12.8.